The van der Waals surface area contributed by atoms with Crippen molar-refractivity contribution < 1.29 is 9.90 Å². The highest BCUT2D eigenvalue weighted by Crippen LogP contribution is 2.20. The lowest BCUT2D eigenvalue weighted by Crippen LogP contribution is -2.15. The van der Waals surface area contributed by atoms with Crippen molar-refractivity contribution >= 4 is 17.0 Å². The molecule has 1 heterocycles. The maximum Gasteiger partial charge on any atom is 0.335 e. The maximum atomic E-state index is 12.2. The molecule has 0 spiro atoms. The van der Waals surface area contributed by atoms with Crippen molar-refractivity contribution in [2.24, 2.45) is 0 Å². The first-order valence-electron chi connectivity index (χ1n) is 6.53. The Kier molecular flexibility index (Phi) is 2.90. The highest BCUT2D eigenvalue weighted by Gasteiger charge is 2.13. The zero-order valence-corrected chi connectivity index (χ0v) is 11.7. The number of aryl methyl sites for hydroxylation is 2. The largest absolute Gasteiger partial charge is 0.478 e. The van der Waals surface area contributed by atoms with Crippen molar-refractivity contribution in [3.05, 3.63) is 63.6 Å². The van der Waals surface area contributed by atoms with Gasteiger partial charge in [-0.1, -0.05) is 12.1 Å². The van der Waals surface area contributed by atoms with E-state index < -0.39 is 5.97 Å². The first-order chi connectivity index (χ1) is 9.97. The predicted molar refractivity (Wildman–Crippen MR) is 80.3 cm³/mol. The van der Waals surface area contributed by atoms with Crippen LogP contribution in [0.25, 0.3) is 16.7 Å². The fourth-order valence-electron chi connectivity index (χ4n) is 2.44. The molecule has 0 bridgehead atoms. The Labute approximate surface area is 120 Å². The quantitative estimate of drug-likeness (QED) is 0.758. The zero-order chi connectivity index (χ0) is 15.1. The predicted octanol–water partition coefficient (Wildman–Crippen LogP) is 2.63. The van der Waals surface area contributed by atoms with E-state index in [4.69, 9.17) is 5.11 Å². The lowest BCUT2D eigenvalue weighted by molar-refractivity contribution is 0.0697. The van der Waals surface area contributed by atoms with Gasteiger partial charge in [-0.25, -0.2) is 9.59 Å². The van der Waals surface area contributed by atoms with E-state index in [9.17, 15) is 9.59 Å². The second-order valence-electron chi connectivity index (χ2n) is 5.09. The summed E-state index contributed by atoms with van der Waals surface area (Å²) in [4.78, 5) is 26.1. The van der Waals surface area contributed by atoms with Crippen molar-refractivity contribution in [2.45, 2.75) is 13.8 Å². The molecule has 3 aromatic rings. The summed E-state index contributed by atoms with van der Waals surface area (Å²) < 4.78 is 1.52. The summed E-state index contributed by atoms with van der Waals surface area (Å²) in [6, 6.07) is 10.4. The van der Waals surface area contributed by atoms with E-state index >= 15 is 0 Å². The lowest BCUT2D eigenvalue weighted by Gasteiger charge is -2.08. The highest BCUT2D eigenvalue weighted by atomic mass is 16.4. The molecule has 2 N–H and O–H groups in total. The van der Waals surface area contributed by atoms with Crippen LogP contribution in [-0.4, -0.2) is 20.6 Å². The van der Waals surface area contributed by atoms with Crippen LogP contribution < -0.4 is 5.69 Å². The molecule has 0 unspecified atom stereocenters. The minimum Gasteiger partial charge on any atom is -0.478 e. The second kappa shape index (κ2) is 4.63. The number of carboxylic acids is 1. The van der Waals surface area contributed by atoms with Crippen molar-refractivity contribution in [2.75, 3.05) is 0 Å². The summed E-state index contributed by atoms with van der Waals surface area (Å²) >= 11 is 0. The van der Waals surface area contributed by atoms with E-state index in [1.165, 1.54) is 16.7 Å². The van der Waals surface area contributed by atoms with Gasteiger partial charge in [0, 0.05) is 0 Å². The molecule has 106 valence electrons. The van der Waals surface area contributed by atoms with Crippen LogP contribution in [0.4, 0.5) is 0 Å². The van der Waals surface area contributed by atoms with Crippen LogP contribution in [0.1, 0.15) is 21.5 Å². The fourth-order valence-corrected chi connectivity index (χ4v) is 2.44. The van der Waals surface area contributed by atoms with E-state index in [-0.39, 0.29) is 11.3 Å². The Hall–Kier alpha value is -2.82. The van der Waals surface area contributed by atoms with E-state index in [0.29, 0.717) is 11.0 Å². The smallest absolute Gasteiger partial charge is 0.335 e. The summed E-state index contributed by atoms with van der Waals surface area (Å²) in [5.41, 5.74) is 3.80. The summed E-state index contributed by atoms with van der Waals surface area (Å²) in [5, 5.41) is 9.11. The third-order valence-electron chi connectivity index (χ3n) is 3.54. The van der Waals surface area contributed by atoms with Crippen LogP contribution in [-0.2, 0) is 0 Å². The number of imidazole rings is 1. The third kappa shape index (κ3) is 2.12. The van der Waals surface area contributed by atoms with Gasteiger partial charge in [0.15, 0.2) is 0 Å². The minimum absolute atomic E-state index is 0.153. The summed E-state index contributed by atoms with van der Waals surface area (Å²) in [6.07, 6.45) is 0. The molecule has 0 saturated carbocycles. The molecule has 2 aromatic carbocycles. The Morgan fingerprint density at radius 3 is 2.62 bits per heavy atom. The van der Waals surface area contributed by atoms with Gasteiger partial charge in [-0.2, -0.15) is 0 Å². The van der Waals surface area contributed by atoms with Crippen LogP contribution in [0, 0.1) is 13.8 Å². The van der Waals surface area contributed by atoms with E-state index in [2.05, 4.69) is 4.98 Å². The first kappa shape index (κ1) is 13.2. The molecule has 21 heavy (non-hydrogen) atoms. The SMILES string of the molecule is Cc1ccc(C)c(-n2c(=O)[nH]c3ccc(C(=O)O)cc32)c1. The topological polar surface area (TPSA) is 75.1 Å². The average molecular weight is 282 g/mol. The first-order valence-corrected chi connectivity index (χ1v) is 6.53. The Balaban J connectivity index is 2.38. The average Bonchev–Trinajstić information content (AvgIpc) is 2.76. The molecule has 0 fully saturated rings. The number of carbonyl (C=O) groups is 1. The van der Waals surface area contributed by atoms with Crippen LogP contribution in [0.2, 0.25) is 0 Å². The number of fused-ring (bicyclic) bond motifs is 1. The number of nitrogens with one attached hydrogen (secondary N) is 1. The van der Waals surface area contributed by atoms with Gasteiger partial charge >= 0.3 is 11.7 Å². The highest BCUT2D eigenvalue weighted by molar-refractivity contribution is 5.92. The van der Waals surface area contributed by atoms with Crippen LogP contribution >= 0.6 is 0 Å². The normalized spacial score (nSPS) is 11.0. The minimum atomic E-state index is -1.02. The van der Waals surface area contributed by atoms with Crippen LogP contribution in [0.15, 0.2) is 41.2 Å². The number of hydrogen-bond donors (Lipinski definition) is 2. The van der Waals surface area contributed by atoms with Gasteiger partial charge < -0.3 is 10.1 Å². The molecule has 1 aromatic heterocycles. The van der Waals surface area contributed by atoms with Crippen molar-refractivity contribution in [1.29, 1.82) is 0 Å². The molecule has 3 rings (SSSR count). The zero-order valence-electron chi connectivity index (χ0n) is 11.7. The molecule has 0 saturated heterocycles. The van der Waals surface area contributed by atoms with Crippen molar-refractivity contribution in [1.82, 2.24) is 9.55 Å². The number of aromatic amines is 1. The second-order valence-corrected chi connectivity index (χ2v) is 5.09. The summed E-state index contributed by atoms with van der Waals surface area (Å²) in [5.74, 6) is -1.02. The lowest BCUT2D eigenvalue weighted by atomic mass is 10.1. The maximum absolute atomic E-state index is 12.2. The number of nitrogens with zero attached hydrogens (tertiary/aromatic N) is 1. The number of aromatic carboxylic acids is 1. The number of aromatic nitrogens is 2. The molecule has 5 nitrogen and oxygen atoms in total. The number of benzene rings is 2. The Bertz CT molecular complexity index is 919. The Morgan fingerprint density at radius 2 is 1.90 bits per heavy atom. The molecular weight excluding hydrogens is 268 g/mol. The monoisotopic (exact) mass is 282 g/mol. The van der Waals surface area contributed by atoms with Gasteiger partial charge in [0.2, 0.25) is 0 Å². The van der Waals surface area contributed by atoms with E-state index in [1.54, 1.807) is 6.07 Å². The van der Waals surface area contributed by atoms with E-state index in [1.807, 2.05) is 32.0 Å². The molecule has 0 aliphatic heterocycles. The summed E-state index contributed by atoms with van der Waals surface area (Å²) in [7, 11) is 0. The molecule has 0 aliphatic carbocycles. The molecule has 0 aliphatic rings. The van der Waals surface area contributed by atoms with Crippen molar-refractivity contribution in [3.8, 4) is 5.69 Å². The van der Waals surface area contributed by atoms with Gasteiger partial charge in [-0.15, -0.1) is 0 Å². The van der Waals surface area contributed by atoms with Gasteiger partial charge in [0.1, 0.15) is 0 Å². The number of hydrogen-bond acceptors (Lipinski definition) is 2. The van der Waals surface area contributed by atoms with Gasteiger partial charge in [-0.3, -0.25) is 4.57 Å². The molecule has 0 amide bonds. The van der Waals surface area contributed by atoms with Gasteiger partial charge in [0.05, 0.1) is 22.3 Å². The van der Waals surface area contributed by atoms with Crippen LogP contribution in [0.5, 0.6) is 0 Å². The van der Waals surface area contributed by atoms with Crippen molar-refractivity contribution in [3.63, 3.8) is 0 Å². The number of rotatable bonds is 2. The number of H-pyrrole nitrogens is 1. The third-order valence-corrected chi connectivity index (χ3v) is 3.54. The summed E-state index contributed by atoms with van der Waals surface area (Å²) in [6.45, 7) is 3.87. The number of carboxylic acid groups (broad SMARTS) is 1. The van der Waals surface area contributed by atoms with Crippen LogP contribution in [0.3, 0.4) is 0 Å². The molecule has 0 radical (unpaired) electrons. The fraction of sp³-hybridized carbons (Fsp3) is 0.125. The Morgan fingerprint density at radius 1 is 1.14 bits per heavy atom. The van der Waals surface area contributed by atoms with Gasteiger partial charge in [-0.05, 0) is 49.2 Å². The standard InChI is InChI=1S/C16H14N2O3/c1-9-3-4-10(2)13(7-9)18-14-8-11(15(19)20)5-6-12(14)17-16(18)21/h3-8H,1-2H3,(H,17,21)(H,19,20). The molecule has 5 heteroatoms. The molecular formula is C16H14N2O3. The van der Waals surface area contributed by atoms with E-state index in [0.717, 1.165) is 16.8 Å². The molecule has 0 atom stereocenters. The van der Waals surface area contributed by atoms with Gasteiger partial charge in [0.25, 0.3) is 0 Å².